The van der Waals surface area contributed by atoms with E-state index in [-0.39, 0.29) is 17.2 Å². The molecule has 0 radical (unpaired) electrons. The van der Waals surface area contributed by atoms with Crippen molar-refractivity contribution in [3.05, 3.63) is 165 Å². The molecule has 0 spiro atoms. The summed E-state index contributed by atoms with van der Waals surface area (Å²) >= 11 is 14.0. The molecule has 1 unspecified atom stereocenters. The summed E-state index contributed by atoms with van der Waals surface area (Å²) in [5.41, 5.74) is 2.32. The molecule has 3 amide bonds. The standard InChI is InChI=1S/C37H27Cl2N3O5S/c38-30-15-8-16-31(39)29(30)22-32(42-34(43)24-11-5-2-6-12-24)35(44)41-27-13-7-14-28(21-27)48-33(23-9-3-1-4-10-23)36(45)40-26-19-17-25(18-20-26)37(46)47/h1-22,33H,(H,40,45)(H,41,44)(H,42,43)(H,46,47)/b32-22+. The number of amides is 3. The van der Waals surface area contributed by atoms with Crippen LogP contribution in [0.25, 0.3) is 6.08 Å². The second-order valence-corrected chi connectivity index (χ2v) is 12.3. The maximum Gasteiger partial charge on any atom is 0.335 e. The molecule has 240 valence electrons. The molecule has 11 heteroatoms. The van der Waals surface area contributed by atoms with Crippen molar-refractivity contribution in [2.75, 3.05) is 10.6 Å². The molecule has 0 heterocycles. The Labute approximate surface area is 290 Å². The maximum atomic E-state index is 13.7. The third kappa shape index (κ3) is 8.92. The lowest BCUT2D eigenvalue weighted by Gasteiger charge is -2.18. The van der Waals surface area contributed by atoms with E-state index in [1.165, 1.54) is 42.1 Å². The van der Waals surface area contributed by atoms with Gasteiger partial charge < -0.3 is 21.1 Å². The number of rotatable bonds is 11. The molecular weight excluding hydrogens is 669 g/mol. The Bertz CT molecular complexity index is 1970. The SMILES string of the molecule is O=C(Nc1cccc(SC(C(=O)Nc2ccc(C(=O)O)cc2)c2ccccc2)c1)/C(=C\c1c(Cl)cccc1Cl)NC(=O)c1ccccc1. The van der Waals surface area contributed by atoms with E-state index in [2.05, 4.69) is 16.0 Å². The number of carboxylic acids is 1. The van der Waals surface area contributed by atoms with E-state index >= 15 is 0 Å². The van der Waals surface area contributed by atoms with Crippen LogP contribution >= 0.6 is 35.0 Å². The minimum atomic E-state index is -1.06. The average molecular weight is 697 g/mol. The fourth-order valence-corrected chi connectivity index (χ4v) is 6.11. The number of carbonyl (C=O) groups is 4. The zero-order chi connectivity index (χ0) is 34.0. The summed E-state index contributed by atoms with van der Waals surface area (Å²) < 4.78 is 0. The average Bonchev–Trinajstić information content (AvgIpc) is 3.09. The molecule has 5 aromatic carbocycles. The van der Waals surface area contributed by atoms with Crippen LogP contribution in [0.1, 0.15) is 37.1 Å². The highest BCUT2D eigenvalue weighted by Gasteiger charge is 2.23. The maximum absolute atomic E-state index is 13.7. The van der Waals surface area contributed by atoms with Gasteiger partial charge in [-0.05, 0) is 78.4 Å². The third-order valence-electron chi connectivity index (χ3n) is 6.90. The van der Waals surface area contributed by atoms with Crippen molar-refractivity contribution < 1.29 is 24.3 Å². The van der Waals surface area contributed by atoms with Gasteiger partial charge in [-0.1, -0.05) is 83.9 Å². The molecule has 0 bridgehead atoms. The highest BCUT2D eigenvalue weighted by atomic mass is 35.5. The van der Waals surface area contributed by atoms with E-state index < -0.39 is 23.0 Å². The predicted molar refractivity (Wildman–Crippen MR) is 190 cm³/mol. The van der Waals surface area contributed by atoms with Crippen molar-refractivity contribution in [3.8, 4) is 0 Å². The van der Waals surface area contributed by atoms with Gasteiger partial charge in [-0.15, -0.1) is 11.8 Å². The minimum Gasteiger partial charge on any atom is -0.478 e. The van der Waals surface area contributed by atoms with Crippen LogP contribution in [-0.2, 0) is 9.59 Å². The van der Waals surface area contributed by atoms with Gasteiger partial charge >= 0.3 is 5.97 Å². The molecule has 0 aliphatic carbocycles. The number of carbonyl (C=O) groups excluding carboxylic acids is 3. The Balaban J connectivity index is 1.39. The van der Waals surface area contributed by atoms with Gasteiger partial charge in [-0.3, -0.25) is 14.4 Å². The first kappa shape index (κ1) is 34.0. The van der Waals surface area contributed by atoms with Gasteiger partial charge in [-0.2, -0.15) is 0 Å². The van der Waals surface area contributed by atoms with Gasteiger partial charge in [0, 0.05) is 37.4 Å². The van der Waals surface area contributed by atoms with Gasteiger partial charge in [0.1, 0.15) is 10.9 Å². The van der Waals surface area contributed by atoms with Crippen molar-refractivity contribution in [3.63, 3.8) is 0 Å². The molecule has 48 heavy (non-hydrogen) atoms. The van der Waals surface area contributed by atoms with E-state index in [9.17, 15) is 24.3 Å². The topological polar surface area (TPSA) is 125 Å². The van der Waals surface area contributed by atoms with Crippen LogP contribution in [0.2, 0.25) is 10.0 Å². The summed E-state index contributed by atoms with van der Waals surface area (Å²) in [7, 11) is 0. The summed E-state index contributed by atoms with van der Waals surface area (Å²) in [6.07, 6.45) is 1.41. The second kappa shape index (κ2) is 16.0. The van der Waals surface area contributed by atoms with E-state index in [0.29, 0.717) is 37.4 Å². The molecule has 4 N–H and O–H groups in total. The number of aromatic carboxylic acids is 1. The Hall–Kier alpha value is -5.35. The largest absolute Gasteiger partial charge is 0.478 e. The summed E-state index contributed by atoms with van der Waals surface area (Å²) in [6.45, 7) is 0. The number of benzene rings is 5. The Kier molecular flexibility index (Phi) is 11.3. The smallest absolute Gasteiger partial charge is 0.335 e. The molecule has 8 nitrogen and oxygen atoms in total. The predicted octanol–water partition coefficient (Wildman–Crippen LogP) is 8.57. The molecule has 0 saturated carbocycles. The van der Waals surface area contributed by atoms with E-state index in [1.54, 1.807) is 66.7 Å². The van der Waals surface area contributed by atoms with E-state index in [4.69, 9.17) is 23.2 Å². The molecular formula is C37H27Cl2N3O5S. The molecule has 0 aliphatic rings. The van der Waals surface area contributed by atoms with E-state index in [1.807, 2.05) is 36.4 Å². The van der Waals surface area contributed by atoms with Crippen molar-refractivity contribution in [2.45, 2.75) is 10.1 Å². The van der Waals surface area contributed by atoms with Crippen LogP contribution < -0.4 is 16.0 Å². The number of nitrogens with one attached hydrogen (secondary N) is 3. The van der Waals surface area contributed by atoms with Crippen LogP contribution in [0, 0.1) is 0 Å². The Morgan fingerprint density at radius 1 is 0.667 bits per heavy atom. The lowest BCUT2D eigenvalue weighted by Crippen LogP contribution is -2.30. The molecule has 0 fully saturated rings. The molecule has 0 aliphatic heterocycles. The van der Waals surface area contributed by atoms with Crippen LogP contribution in [0.5, 0.6) is 0 Å². The van der Waals surface area contributed by atoms with Crippen molar-refractivity contribution in [1.82, 2.24) is 5.32 Å². The number of halogens is 2. The van der Waals surface area contributed by atoms with Crippen LogP contribution in [0.4, 0.5) is 11.4 Å². The molecule has 5 rings (SSSR count). The first-order valence-corrected chi connectivity index (χ1v) is 16.1. The van der Waals surface area contributed by atoms with Gasteiger partial charge in [0.2, 0.25) is 5.91 Å². The minimum absolute atomic E-state index is 0.0904. The summed E-state index contributed by atoms with van der Waals surface area (Å²) in [5.74, 6) is -2.51. The number of carboxylic acid groups (broad SMARTS) is 1. The number of hydrogen-bond acceptors (Lipinski definition) is 5. The Morgan fingerprint density at radius 2 is 1.29 bits per heavy atom. The number of thioether (sulfide) groups is 1. The molecule has 1 atom stereocenters. The quantitative estimate of drug-likeness (QED) is 0.0811. The third-order valence-corrected chi connectivity index (χ3v) is 8.81. The Morgan fingerprint density at radius 3 is 1.94 bits per heavy atom. The van der Waals surface area contributed by atoms with Gasteiger partial charge in [0.25, 0.3) is 11.8 Å². The van der Waals surface area contributed by atoms with Gasteiger partial charge in [0.05, 0.1) is 5.56 Å². The van der Waals surface area contributed by atoms with Crippen molar-refractivity contribution in [2.24, 2.45) is 0 Å². The van der Waals surface area contributed by atoms with Crippen molar-refractivity contribution >= 4 is 76.1 Å². The monoisotopic (exact) mass is 695 g/mol. The summed E-state index contributed by atoms with van der Waals surface area (Å²) in [5, 5.41) is 17.4. The number of anilines is 2. The highest BCUT2D eigenvalue weighted by Crippen LogP contribution is 2.37. The highest BCUT2D eigenvalue weighted by molar-refractivity contribution is 8.00. The molecule has 0 aromatic heterocycles. The zero-order valence-corrected chi connectivity index (χ0v) is 27.4. The van der Waals surface area contributed by atoms with Crippen LogP contribution in [0.3, 0.4) is 0 Å². The fraction of sp³-hybridized carbons (Fsp3) is 0.0270. The zero-order valence-electron chi connectivity index (χ0n) is 25.0. The van der Waals surface area contributed by atoms with Gasteiger partial charge in [-0.25, -0.2) is 4.79 Å². The first-order chi connectivity index (χ1) is 23.2. The van der Waals surface area contributed by atoms with E-state index in [0.717, 1.165) is 5.56 Å². The normalized spacial score (nSPS) is 11.7. The van der Waals surface area contributed by atoms with Crippen molar-refractivity contribution in [1.29, 1.82) is 0 Å². The molecule has 5 aromatic rings. The first-order valence-electron chi connectivity index (χ1n) is 14.5. The second-order valence-electron chi connectivity index (χ2n) is 10.3. The molecule has 0 saturated heterocycles. The fourth-order valence-electron chi connectivity index (χ4n) is 4.52. The lowest BCUT2D eigenvalue weighted by molar-refractivity contribution is -0.116. The van der Waals surface area contributed by atoms with Gasteiger partial charge in [0.15, 0.2) is 0 Å². The lowest BCUT2D eigenvalue weighted by atomic mass is 10.1. The summed E-state index contributed by atoms with van der Waals surface area (Å²) in [4.78, 5) is 52.2. The van der Waals surface area contributed by atoms with Crippen LogP contribution in [-0.4, -0.2) is 28.8 Å². The van der Waals surface area contributed by atoms with Crippen LogP contribution in [0.15, 0.2) is 138 Å². The summed E-state index contributed by atoms with van der Waals surface area (Å²) in [6, 6.07) is 35.4. The number of hydrogen-bond donors (Lipinski definition) is 4.